The van der Waals surface area contributed by atoms with Gasteiger partial charge in [-0.2, -0.15) is 0 Å². The van der Waals surface area contributed by atoms with Crippen LogP contribution in [0.1, 0.15) is 5.82 Å². The van der Waals surface area contributed by atoms with E-state index in [4.69, 9.17) is 10.5 Å². The SMILES string of the molecule is Cn1ccnc1CCNC(=O)COCCN. The second kappa shape index (κ2) is 6.97. The van der Waals surface area contributed by atoms with Crippen LogP contribution in [0.5, 0.6) is 0 Å². The zero-order valence-electron chi connectivity index (χ0n) is 9.48. The van der Waals surface area contributed by atoms with Gasteiger partial charge in [-0.05, 0) is 0 Å². The monoisotopic (exact) mass is 226 g/mol. The van der Waals surface area contributed by atoms with Crippen molar-refractivity contribution in [1.29, 1.82) is 0 Å². The van der Waals surface area contributed by atoms with Crippen LogP contribution in [0.25, 0.3) is 0 Å². The lowest BCUT2D eigenvalue weighted by atomic mass is 10.4. The molecule has 0 radical (unpaired) electrons. The van der Waals surface area contributed by atoms with Crippen molar-refractivity contribution < 1.29 is 9.53 Å². The highest BCUT2D eigenvalue weighted by Gasteiger charge is 2.02. The quantitative estimate of drug-likeness (QED) is 0.587. The van der Waals surface area contributed by atoms with Gasteiger partial charge in [0.2, 0.25) is 5.91 Å². The smallest absolute Gasteiger partial charge is 0.246 e. The van der Waals surface area contributed by atoms with Gasteiger partial charge in [-0.1, -0.05) is 0 Å². The van der Waals surface area contributed by atoms with Crippen molar-refractivity contribution in [3.8, 4) is 0 Å². The Balaban J connectivity index is 2.11. The van der Waals surface area contributed by atoms with Crippen LogP contribution in [0, 0.1) is 0 Å². The maximum absolute atomic E-state index is 11.2. The van der Waals surface area contributed by atoms with Gasteiger partial charge in [-0.15, -0.1) is 0 Å². The average Bonchev–Trinajstić information content (AvgIpc) is 2.65. The molecule has 1 rings (SSSR count). The third-order valence-electron chi connectivity index (χ3n) is 2.09. The number of imidazole rings is 1. The predicted octanol–water partition coefficient (Wildman–Crippen LogP) is -0.946. The Bertz CT molecular complexity index is 324. The molecule has 0 fully saturated rings. The number of aryl methyl sites for hydroxylation is 1. The number of nitrogens with two attached hydrogens (primary N) is 1. The third-order valence-corrected chi connectivity index (χ3v) is 2.09. The third kappa shape index (κ3) is 4.41. The molecular weight excluding hydrogens is 208 g/mol. The molecule has 1 aromatic heterocycles. The summed E-state index contributed by atoms with van der Waals surface area (Å²) in [5.41, 5.74) is 5.23. The van der Waals surface area contributed by atoms with Gasteiger partial charge < -0.3 is 20.4 Å². The molecule has 6 heteroatoms. The molecule has 3 N–H and O–H groups in total. The largest absolute Gasteiger partial charge is 0.370 e. The minimum absolute atomic E-state index is 0.0672. The Kier molecular flexibility index (Phi) is 5.52. The van der Waals surface area contributed by atoms with Crippen LogP contribution in [-0.4, -0.2) is 41.8 Å². The van der Waals surface area contributed by atoms with Gasteiger partial charge in [0.25, 0.3) is 0 Å². The first-order chi connectivity index (χ1) is 7.74. The first-order valence-electron chi connectivity index (χ1n) is 5.24. The number of amides is 1. The molecule has 1 heterocycles. The second-order valence-corrected chi connectivity index (χ2v) is 3.40. The molecule has 0 bridgehead atoms. The van der Waals surface area contributed by atoms with Crippen molar-refractivity contribution in [2.75, 3.05) is 26.3 Å². The molecule has 1 aromatic rings. The molecule has 0 saturated carbocycles. The van der Waals surface area contributed by atoms with E-state index in [0.29, 0.717) is 26.1 Å². The van der Waals surface area contributed by atoms with Crippen LogP contribution < -0.4 is 11.1 Å². The molecule has 0 aromatic carbocycles. The van der Waals surface area contributed by atoms with Gasteiger partial charge in [-0.25, -0.2) is 4.98 Å². The number of ether oxygens (including phenoxy) is 1. The van der Waals surface area contributed by atoms with Gasteiger partial charge in [0, 0.05) is 39.0 Å². The summed E-state index contributed by atoms with van der Waals surface area (Å²) >= 11 is 0. The molecule has 0 spiro atoms. The minimum Gasteiger partial charge on any atom is -0.370 e. The van der Waals surface area contributed by atoms with E-state index in [1.165, 1.54) is 0 Å². The standard InChI is InChI=1S/C10H18N4O2/c1-14-6-5-12-9(14)2-4-13-10(15)8-16-7-3-11/h5-6H,2-4,7-8,11H2,1H3,(H,13,15). The van der Waals surface area contributed by atoms with E-state index in [9.17, 15) is 4.79 Å². The number of carbonyl (C=O) groups excluding carboxylic acids is 1. The molecular formula is C10H18N4O2. The average molecular weight is 226 g/mol. The Morgan fingerprint density at radius 2 is 2.50 bits per heavy atom. The zero-order chi connectivity index (χ0) is 11.8. The minimum atomic E-state index is -0.123. The molecule has 0 atom stereocenters. The van der Waals surface area contributed by atoms with Gasteiger partial charge >= 0.3 is 0 Å². The summed E-state index contributed by atoms with van der Waals surface area (Å²) in [7, 11) is 1.93. The number of aromatic nitrogens is 2. The van der Waals surface area contributed by atoms with E-state index < -0.39 is 0 Å². The van der Waals surface area contributed by atoms with Crippen molar-refractivity contribution in [2.45, 2.75) is 6.42 Å². The topological polar surface area (TPSA) is 82.2 Å². The normalized spacial score (nSPS) is 10.4. The molecule has 0 aliphatic heterocycles. The van der Waals surface area contributed by atoms with E-state index >= 15 is 0 Å². The highest BCUT2D eigenvalue weighted by Crippen LogP contribution is 1.93. The molecule has 16 heavy (non-hydrogen) atoms. The molecule has 0 aliphatic rings. The van der Waals surface area contributed by atoms with Crippen molar-refractivity contribution in [3.63, 3.8) is 0 Å². The number of nitrogens with one attached hydrogen (secondary N) is 1. The fourth-order valence-corrected chi connectivity index (χ4v) is 1.25. The fraction of sp³-hybridized carbons (Fsp3) is 0.600. The van der Waals surface area contributed by atoms with E-state index in [1.807, 2.05) is 17.8 Å². The van der Waals surface area contributed by atoms with Crippen molar-refractivity contribution in [2.24, 2.45) is 12.8 Å². The van der Waals surface area contributed by atoms with E-state index in [2.05, 4.69) is 10.3 Å². The summed E-state index contributed by atoms with van der Waals surface area (Å²) in [6, 6.07) is 0. The van der Waals surface area contributed by atoms with Crippen LogP contribution in [0.3, 0.4) is 0 Å². The predicted molar refractivity (Wildman–Crippen MR) is 59.8 cm³/mol. The zero-order valence-corrected chi connectivity index (χ0v) is 9.48. The summed E-state index contributed by atoms with van der Waals surface area (Å²) in [5, 5.41) is 2.75. The van der Waals surface area contributed by atoms with Crippen molar-refractivity contribution in [3.05, 3.63) is 18.2 Å². The fourth-order valence-electron chi connectivity index (χ4n) is 1.25. The Labute approximate surface area is 94.8 Å². The Hall–Kier alpha value is -1.40. The number of hydrogen-bond donors (Lipinski definition) is 2. The maximum Gasteiger partial charge on any atom is 0.246 e. The Morgan fingerprint density at radius 3 is 3.12 bits per heavy atom. The molecule has 0 saturated heterocycles. The van der Waals surface area contributed by atoms with Gasteiger partial charge in [0.15, 0.2) is 0 Å². The summed E-state index contributed by atoms with van der Waals surface area (Å²) in [6.07, 6.45) is 4.33. The maximum atomic E-state index is 11.2. The molecule has 0 aliphatic carbocycles. The van der Waals surface area contributed by atoms with E-state index in [-0.39, 0.29) is 12.5 Å². The highest BCUT2D eigenvalue weighted by atomic mass is 16.5. The second-order valence-electron chi connectivity index (χ2n) is 3.40. The number of carbonyl (C=O) groups is 1. The summed E-state index contributed by atoms with van der Waals surface area (Å²) < 4.78 is 6.93. The van der Waals surface area contributed by atoms with Crippen LogP contribution in [-0.2, 0) is 23.0 Å². The summed E-state index contributed by atoms with van der Waals surface area (Å²) in [5.74, 6) is 0.825. The lowest BCUT2D eigenvalue weighted by Gasteiger charge is -2.05. The number of hydrogen-bond acceptors (Lipinski definition) is 4. The number of rotatable bonds is 7. The van der Waals surface area contributed by atoms with Crippen molar-refractivity contribution >= 4 is 5.91 Å². The van der Waals surface area contributed by atoms with Crippen molar-refractivity contribution in [1.82, 2.24) is 14.9 Å². The van der Waals surface area contributed by atoms with Crippen LogP contribution in [0.4, 0.5) is 0 Å². The number of nitrogens with zero attached hydrogens (tertiary/aromatic N) is 2. The molecule has 90 valence electrons. The van der Waals surface area contributed by atoms with E-state index in [1.54, 1.807) is 6.20 Å². The van der Waals surface area contributed by atoms with Gasteiger partial charge in [0.05, 0.1) is 6.61 Å². The van der Waals surface area contributed by atoms with Gasteiger partial charge in [-0.3, -0.25) is 4.79 Å². The van der Waals surface area contributed by atoms with Crippen LogP contribution in [0.15, 0.2) is 12.4 Å². The van der Waals surface area contributed by atoms with Crippen LogP contribution >= 0.6 is 0 Å². The summed E-state index contributed by atoms with van der Waals surface area (Å²) in [4.78, 5) is 15.4. The Morgan fingerprint density at radius 1 is 1.69 bits per heavy atom. The molecule has 1 amide bonds. The first-order valence-corrected chi connectivity index (χ1v) is 5.24. The lowest BCUT2D eigenvalue weighted by molar-refractivity contribution is -0.125. The lowest BCUT2D eigenvalue weighted by Crippen LogP contribution is -2.30. The first kappa shape index (κ1) is 12.7. The highest BCUT2D eigenvalue weighted by molar-refractivity contribution is 5.77. The molecule has 0 unspecified atom stereocenters. The van der Waals surface area contributed by atoms with E-state index in [0.717, 1.165) is 5.82 Å². The van der Waals surface area contributed by atoms with Crippen LogP contribution in [0.2, 0.25) is 0 Å². The summed E-state index contributed by atoms with van der Waals surface area (Å²) in [6.45, 7) is 1.47. The van der Waals surface area contributed by atoms with Gasteiger partial charge in [0.1, 0.15) is 12.4 Å². The molecule has 6 nitrogen and oxygen atoms in total.